The number of anilines is 1. The fourth-order valence-corrected chi connectivity index (χ4v) is 2.63. The second-order valence-corrected chi connectivity index (χ2v) is 5.13. The largest absolute Gasteiger partial charge is 0.497 e. The van der Waals surface area contributed by atoms with Crippen molar-refractivity contribution in [2.24, 2.45) is 11.8 Å². The number of nitrogens with zero attached hydrogens (tertiary/aromatic N) is 1. The van der Waals surface area contributed by atoms with Gasteiger partial charge >= 0.3 is 0 Å². The van der Waals surface area contributed by atoms with Gasteiger partial charge in [0.15, 0.2) is 0 Å². The molecule has 1 aromatic rings. The van der Waals surface area contributed by atoms with Gasteiger partial charge in [-0.3, -0.25) is 9.59 Å². The summed E-state index contributed by atoms with van der Waals surface area (Å²) < 4.78 is 5.83. The number of carbonyl (C=O) groups excluding carboxylic acids is 2. The minimum absolute atomic E-state index is 0.0828. The van der Waals surface area contributed by atoms with E-state index in [-0.39, 0.29) is 23.7 Å². The lowest BCUT2D eigenvalue weighted by molar-refractivity contribution is -0.123. The molecule has 0 spiro atoms. The Bertz CT molecular complexity index is 508. The lowest BCUT2D eigenvalue weighted by Gasteiger charge is -2.18. The first-order valence-electron chi connectivity index (χ1n) is 5.35. The molecule has 0 bridgehead atoms. The molecule has 0 radical (unpaired) electrons. The predicted molar refractivity (Wildman–Crippen MR) is 64.8 cm³/mol. The molecule has 5 heteroatoms. The van der Waals surface area contributed by atoms with Crippen molar-refractivity contribution in [1.82, 2.24) is 0 Å². The average molecular weight is 296 g/mol. The number of ether oxygens (including phenoxy) is 1. The highest BCUT2D eigenvalue weighted by atomic mass is 79.9. The van der Waals surface area contributed by atoms with Gasteiger partial charge in [-0.15, -0.1) is 0 Å². The van der Waals surface area contributed by atoms with E-state index in [1.807, 2.05) is 0 Å². The third-order valence-electron chi connectivity index (χ3n) is 3.26. The number of amides is 2. The van der Waals surface area contributed by atoms with E-state index in [0.717, 1.165) is 10.9 Å². The molecule has 2 unspecified atom stereocenters. The second-order valence-electron chi connectivity index (χ2n) is 4.28. The number of piperidine rings is 1. The lowest BCUT2D eigenvalue weighted by Crippen LogP contribution is -2.33. The van der Waals surface area contributed by atoms with Crippen molar-refractivity contribution in [3.8, 4) is 5.75 Å². The predicted octanol–water partition coefficient (Wildman–Crippen LogP) is 1.97. The first kappa shape index (κ1) is 10.8. The smallest absolute Gasteiger partial charge is 0.237 e. The highest BCUT2D eigenvalue weighted by Crippen LogP contribution is 2.49. The van der Waals surface area contributed by atoms with Gasteiger partial charge in [0.05, 0.1) is 24.6 Å². The summed E-state index contributed by atoms with van der Waals surface area (Å²) in [4.78, 5) is 25.2. The maximum atomic E-state index is 12.0. The van der Waals surface area contributed by atoms with Gasteiger partial charge in [0.1, 0.15) is 5.75 Å². The summed E-state index contributed by atoms with van der Waals surface area (Å²) in [6.07, 6.45) is 0.718. The summed E-state index contributed by atoms with van der Waals surface area (Å²) in [5, 5.41) is 0. The van der Waals surface area contributed by atoms with E-state index in [0.29, 0.717) is 11.4 Å². The van der Waals surface area contributed by atoms with Crippen LogP contribution in [0.2, 0.25) is 0 Å². The zero-order valence-corrected chi connectivity index (χ0v) is 10.7. The third-order valence-corrected chi connectivity index (χ3v) is 3.93. The highest BCUT2D eigenvalue weighted by molar-refractivity contribution is 9.10. The summed E-state index contributed by atoms with van der Waals surface area (Å²) in [7, 11) is 1.55. The fourth-order valence-electron chi connectivity index (χ4n) is 2.21. The standard InChI is InChI=1S/C12H10BrNO3/c1-17-6-2-3-9(13)10(4-6)14-11(15)7-5-8(7)12(14)16/h2-4,7-8H,5H2,1H3. The number of hydrogen-bond acceptors (Lipinski definition) is 3. The summed E-state index contributed by atoms with van der Waals surface area (Å²) in [6.45, 7) is 0. The Hall–Kier alpha value is -1.36. The summed E-state index contributed by atoms with van der Waals surface area (Å²) in [5.41, 5.74) is 0.576. The van der Waals surface area contributed by atoms with Gasteiger partial charge in [-0.2, -0.15) is 0 Å². The van der Waals surface area contributed by atoms with Crippen molar-refractivity contribution in [2.75, 3.05) is 12.0 Å². The summed E-state index contributed by atoms with van der Waals surface area (Å²) >= 11 is 3.36. The van der Waals surface area contributed by atoms with Crippen LogP contribution in [0.5, 0.6) is 5.75 Å². The number of carbonyl (C=O) groups is 2. The molecule has 88 valence electrons. The minimum atomic E-state index is -0.0889. The van der Waals surface area contributed by atoms with Crippen LogP contribution in [0.1, 0.15) is 6.42 Å². The molecule has 17 heavy (non-hydrogen) atoms. The van der Waals surface area contributed by atoms with Crippen molar-refractivity contribution in [3.63, 3.8) is 0 Å². The van der Waals surface area contributed by atoms with Crippen LogP contribution in [-0.2, 0) is 9.59 Å². The molecule has 4 nitrogen and oxygen atoms in total. The molecular formula is C12H10BrNO3. The number of methoxy groups -OCH3 is 1. The van der Waals surface area contributed by atoms with Crippen LogP contribution < -0.4 is 9.64 Å². The Morgan fingerprint density at radius 2 is 1.94 bits per heavy atom. The van der Waals surface area contributed by atoms with E-state index in [1.165, 1.54) is 4.90 Å². The van der Waals surface area contributed by atoms with E-state index in [9.17, 15) is 9.59 Å². The molecule has 2 atom stereocenters. The number of fused-ring (bicyclic) bond motifs is 1. The number of halogens is 1. The van der Waals surface area contributed by atoms with Gasteiger partial charge in [0.25, 0.3) is 0 Å². The van der Waals surface area contributed by atoms with Crippen molar-refractivity contribution in [1.29, 1.82) is 0 Å². The Labute approximate surface area is 107 Å². The van der Waals surface area contributed by atoms with Crippen LogP contribution in [0.15, 0.2) is 22.7 Å². The summed E-state index contributed by atoms with van der Waals surface area (Å²) in [5.74, 6) is 0.286. The first-order valence-corrected chi connectivity index (χ1v) is 6.14. The molecule has 1 saturated carbocycles. The number of hydrogen-bond donors (Lipinski definition) is 0. The van der Waals surface area contributed by atoms with E-state index in [1.54, 1.807) is 25.3 Å². The van der Waals surface area contributed by atoms with Crippen LogP contribution in [0, 0.1) is 11.8 Å². The van der Waals surface area contributed by atoms with Gasteiger partial charge in [-0.05, 0) is 34.5 Å². The Morgan fingerprint density at radius 1 is 1.29 bits per heavy atom. The fraction of sp³-hybridized carbons (Fsp3) is 0.333. The van der Waals surface area contributed by atoms with Gasteiger partial charge < -0.3 is 4.74 Å². The molecule has 1 aliphatic carbocycles. The molecule has 0 N–H and O–H groups in total. The van der Waals surface area contributed by atoms with E-state index < -0.39 is 0 Å². The van der Waals surface area contributed by atoms with Crippen LogP contribution in [0.3, 0.4) is 0 Å². The number of rotatable bonds is 2. The molecule has 1 aliphatic heterocycles. The lowest BCUT2D eigenvalue weighted by atomic mass is 10.2. The number of benzene rings is 1. The van der Waals surface area contributed by atoms with Gasteiger partial charge in [0.2, 0.25) is 11.8 Å². The van der Waals surface area contributed by atoms with Crippen molar-refractivity contribution < 1.29 is 14.3 Å². The number of imide groups is 1. The van der Waals surface area contributed by atoms with E-state index in [4.69, 9.17) is 4.74 Å². The highest BCUT2D eigenvalue weighted by Gasteiger charge is 2.59. The molecule has 2 aliphatic rings. The van der Waals surface area contributed by atoms with Crippen LogP contribution in [0.4, 0.5) is 5.69 Å². The van der Waals surface area contributed by atoms with Crippen LogP contribution >= 0.6 is 15.9 Å². The maximum absolute atomic E-state index is 12.0. The molecule has 1 saturated heterocycles. The zero-order chi connectivity index (χ0) is 12.2. The molecule has 0 aromatic heterocycles. The monoisotopic (exact) mass is 295 g/mol. The van der Waals surface area contributed by atoms with Crippen LogP contribution in [-0.4, -0.2) is 18.9 Å². The topological polar surface area (TPSA) is 46.6 Å². The summed E-state index contributed by atoms with van der Waals surface area (Å²) in [6, 6.07) is 5.25. The molecule has 3 rings (SSSR count). The Kier molecular flexibility index (Phi) is 2.26. The quantitative estimate of drug-likeness (QED) is 0.784. The third kappa shape index (κ3) is 1.49. The Balaban J connectivity index is 2.04. The second kappa shape index (κ2) is 3.57. The molecule has 1 heterocycles. The van der Waals surface area contributed by atoms with Crippen molar-refractivity contribution in [2.45, 2.75) is 6.42 Å². The van der Waals surface area contributed by atoms with E-state index in [2.05, 4.69) is 15.9 Å². The van der Waals surface area contributed by atoms with Crippen LogP contribution in [0.25, 0.3) is 0 Å². The molecule has 2 fully saturated rings. The normalized spacial score (nSPS) is 26.1. The SMILES string of the molecule is COc1ccc(Br)c(N2C(=O)C3CC3C2=O)c1. The zero-order valence-electron chi connectivity index (χ0n) is 9.14. The van der Waals surface area contributed by atoms with Crippen molar-refractivity contribution >= 4 is 33.4 Å². The van der Waals surface area contributed by atoms with Crippen molar-refractivity contribution in [3.05, 3.63) is 22.7 Å². The van der Waals surface area contributed by atoms with E-state index >= 15 is 0 Å². The van der Waals surface area contributed by atoms with Gasteiger partial charge in [-0.25, -0.2) is 4.90 Å². The maximum Gasteiger partial charge on any atom is 0.237 e. The molecule has 2 amide bonds. The first-order chi connectivity index (χ1) is 8.13. The minimum Gasteiger partial charge on any atom is -0.497 e. The average Bonchev–Trinajstić information content (AvgIpc) is 3.07. The molecule has 1 aromatic carbocycles. The Morgan fingerprint density at radius 3 is 2.53 bits per heavy atom. The molecular weight excluding hydrogens is 286 g/mol. The van der Waals surface area contributed by atoms with Gasteiger partial charge in [0, 0.05) is 10.5 Å². The van der Waals surface area contributed by atoms with Gasteiger partial charge in [-0.1, -0.05) is 0 Å².